The summed E-state index contributed by atoms with van der Waals surface area (Å²) in [6, 6.07) is 3.87. The standard InChI is InChI=1S/C28H30F2N8O2/c1-2-38-25-21-19(33-16-34-25)13-18(22(29)23(21)35-26(38)40)15-36-9-11-37(12-10-36)20-4-3-17(24(32)39)14-28(20,30)27(5-6-27)7-8-31/h3-4,13,16H,2,5-7,9-12,14-15H2,1H3,(H2,32,39)(H,33,34). The van der Waals surface area contributed by atoms with Crippen molar-refractivity contribution >= 4 is 34.7 Å². The summed E-state index contributed by atoms with van der Waals surface area (Å²) in [7, 11) is 0. The van der Waals surface area contributed by atoms with Crippen LogP contribution in [0.25, 0.3) is 10.9 Å². The van der Waals surface area contributed by atoms with Crippen molar-refractivity contribution in [2.24, 2.45) is 16.1 Å². The molecule has 3 N–H and O–H groups in total. The topological polar surface area (TPSA) is 133 Å². The van der Waals surface area contributed by atoms with Crippen LogP contribution in [0.1, 0.15) is 38.2 Å². The minimum atomic E-state index is -1.85. The number of primary amides is 1. The SMILES string of the molecule is CCn1c2c3c(cc(CN4CCN(C5=CC=C(C(N)=O)CC5(F)C5(CC#N)CC5)CC4)c(F)c3nc1=O)NC=N2. The molecular weight excluding hydrogens is 518 g/mol. The second-order valence-electron chi connectivity index (χ2n) is 11.0. The molecule has 1 aromatic carbocycles. The predicted molar refractivity (Wildman–Crippen MR) is 146 cm³/mol. The number of anilines is 1. The van der Waals surface area contributed by atoms with E-state index in [2.05, 4.69) is 26.3 Å². The van der Waals surface area contributed by atoms with Crippen molar-refractivity contribution in [3.8, 4) is 6.07 Å². The Morgan fingerprint density at radius 1 is 1.25 bits per heavy atom. The van der Waals surface area contributed by atoms with Crippen LogP contribution in [0.5, 0.6) is 0 Å². The number of nitriles is 1. The predicted octanol–water partition coefficient (Wildman–Crippen LogP) is 2.86. The molecule has 4 aliphatic rings. The first-order valence-corrected chi connectivity index (χ1v) is 13.5. The highest BCUT2D eigenvalue weighted by Crippen LogP contribution is 2.64. The molecule has 40 heavy (non-hydrogen) atoms. The second-order valence-corrected chi connectivity index (χ2v) is 11.0. The molecule has 12 heteroatoms. The van der Waals surface area contributed by atoms with Gasteiger partial charge in [-0.3, -0.25) is 14.3 Å². The van der Waals surface area contributed by atoms with Gasteiger partial charge >= 0.3 is 5.69 Å². The highest BCUT2D eigenvalue weighted by atomic mass is 19.1. The van der Waals surface area contributed by atoms with E-state index in [4.69, 9.17) is 5.73 Å². The highest BCUT2D eigenvalue weighted by Gasteiger charge is 2.63. The summed E-state index contributed by atoms with van der Waals surface area (Å²) in [5.74, 6) is -0.808. The summed E-state index contributed by atoms with van der Waals surface area (Å²) in [5, 5.41) is 12.9. The molecule has 3 heterocycles. The maximum absolute atomic E-state index is 16.9. The number of benzene rings is 1. The van der Waals surface area contributed by atoms with Crippen molar-refractivity contribution in [1.82, 2.24) is 19.4 Å². The first-order chi connectivity index (χ1) is 19.2. The second kappa shape index (κ2) is 9.52. The van der Waals surface area contributed by atoms with Crippen LogP contribution in [0.3, 0.4) is 0 Å². The maximum Gasteiger partial charge on any atom is 0.349 e. The third-order valence-electron chi connectivity index (χ3n) is 8.77. The zero-order valence-corrected chi connectivity index (χ0v) is 22.2. The summed E-state index contributed by atoms with van der Waals surface area (Å²) in [4.78, 5) is 36.8. The minimum absolute atomic E-state index is 0.000901. The van der Waals surface area contributed by atoms with E-state index < -0.39 is 28.5 Å². The first-order valence-electron chi connectivity index (χ1n) is 13.5. The summed E-state index contributed by atoms with van der Waals surface area (Å²) in [6.45, 7) is 4.55. The van der Waals surface area contributed by atoms with E-state index in [1.54, 1.807) is 18.2 Å². The van der Waals surface area contributed by atoms with E-state index >= 15 is 8.78 Å². The Kier molecular flexibility index (Phi) is 6.22. The van der Waals surface area contributed by atoms with Gasteiger partial charge in [0.15, 0.2) is 11.5 Å². The smallest absolute Gasteiger partial charge is 0.349 e. The number of rotatable bonds is 7. The average molecular weight is 549 g/mol. The van der Waals surface area contributed by atoms with E-state index in [0.29, 0.717) is 80.3 Å². The average Bonchev–Trinajstić information content (AvgIpc) is 3.73. The number of halogens is 2. The molecule has 2 aliphatic carbocycles. The van der Waals surface area contributed by atoms with Gasteiger partial charge < -0.3 is 16.0 Å². The molecule has 2 aliphatic heterocycles. The molecule has 1 saturated carbocycles. The molecule has 208 valence electrons. The van der Waals surface area contributed by atoms with Gasteiger partial charge in [0.2, 0.25) is 5.91 Å². The van der Waals surface area contributed by atoms with E-state index in [0.717, 1.165) is 0 Å². The third-order valence-corrected chi connectivity index (χ3v) is 8.77. The molecule has 2 aromatic rings. The lowest BCUT2D eigenvalue weighted by molar-refractivity contribution is -0.115. The summed E-state index contributed by atoms with van der Waals surface area (Å²) >= 11 is 0. The molecule has 2 fully saturated rings. The number of hydrogen-bond acceptors (Lipinski definition) is 8. The normalized spacial score (nSPS) is 23.3. The molecule has 0 radical (unpaired) electrons. The molecule has 0 bridgehead atoms. The summed E-state index contributed by atoms with van der Waals surface area (Å²) in [5.41, 5.74) is 4.04. The van der Waals surface area contributed by atoms with Gasteiger partial charge in [-0.25, -0.2) is 18.6 Å². The number of alkyl halides is 1. The number of aromatic nitrogens is 2. The van der Waals surface area contributed by atoms with Gasteiger partial charge in [0.25, 0.3) is 0 Å². The molecule has 1 amide bonds. The number of hydrogen-bond donors (Lipinski definition) is 2. The number of carbonyl (C=O) groups is 1. The number of nitrogens with zero attached hydrogens (tertiary/aromatic N) is 6. The van der Waals surface area contributed by atoms with Gasteiger partial charge in [0.05, 0.1) is 29.2 Å². The van der Waals surface area contributed by atoms with Crippen molar-refractivity contribution in [3.05, 3.63) is 51.4 Å². The number of nitrogens with two attached hydrogens (primary N) is 1. The Balaban J connectivity index is 1.24. The Bertz CT molecular complexity index is 1610. The third kappa shape index (κ3) is 3.99. The van der Waals surface area contributed by atoms with E-state index in [1.807, 2.05) is 11.8 Å². The van der Waals surface area contributed by atoms with Crippen molar-refractivity contribution in [2.45, 2.75) is 51.4 Å². The Morgan fingerprint density at radius 2 is 2.00 bits per heavy atom. The van der Waals surface area contributed by atoms with Crippen molar-refractivity contribution in [3.63, 3.8) is 0 Å². The lowest BCUT2D eigenvalue weighted by Gasteiger charge is -2.46. The number of amides is 1. The Labute approximate surface area is 229 Å². The van der Waals surface area contributed by atoms with Gasteiger partial charge in [0.1, 0.15) is 11.3 Å². The molecule has 1 saturated heterocycles. The van der Waals surface area contributed by atoms with Gasteiger partial charge in [-0.05, 0) is 31.9 Å². The lowest BCUT2D eigenvalue weighted by atomic mass is 9.73. The van der Waals surface area contributed by atoms with Crippen LogP contribution in [0.15, 0.2) is 39.3 Å². The van der Waals surface area contributed by atoms with E-state index in [9.17, 15) is 14.9 Å². The largest absolute Gasteiger partial charge is 0.370 e. The molecule has 6 rings (SSSR count). The summed E-state index contributed by atoms with van der Waals surface area (Å²) in [6.07, 6.45) is 5.83. The van der Waals surface area contributed by atoms with E-state index in [1.165, 1.54) is 10.9 Å². The van der Waals surface area contributed by atoms with Crippen LogP contribution >= 0.6 is 0 Å². The highest BCUT2D eigenvalue weighted by molar-refractivity contribution is 6.06. The van der Waals surface area contributed by atoms with Crippen LogP contribution in [0, 0.1) is 22.6 Å². The monoisotopic (exact) mass is 548 g/mol. The Hall–Kier alpha value is -4.11. The molecule has 10 nitrogen and oxygen atoms in total. The zero-order chi connectivity index (χ0) is 28.2. The number of piperazine rings is 1. The number of allylic oxidation sites excluding steroid dienone is 3. The quantitative estimate of drug-likeness (QED) is 0.544. The first kappa shape index (κ1) is 26.1. The lowest BCUT2D eigenvalue weighted by Crippen LogP contribution is -2.52. The Morgan fingerprint density at radius 3 is 2.65 bits per heavy atom. The van der Waals surface area contributed by atoms with Gasteiger partial charge in [-0.1, -0.05) is 6.08 Å². The molecule has 1 unspecified atom stereocenters. The van der Waals surface area contributed by atoms with Crippen molar-refractivity contribution in [1.29, 1.82) is 5.26 Å². The fourth-order valence-corrected chi connectivity index (χ4v) is 6.33. The van der Waals surface area contributed by atoms with Crippen LogP contribution < -0.4 is 16.7 Å². The minimum Gasteiger partial charge on any atom is -0.370 e. The van der Waals surface area contributed by atoms with Gasteiger partial charge in [-0.2, -0.15) is 10.2 Å². The summed E-state index contributed by atoms with van der Waals surface area (Å²) < 4.78 is 34.0. The maximum atomic E-state index is 16.9. The molecule has 0 spiro atoms. The van der Waals surface area contributed by atoms with Crippen molar-refractivity contribution < 1.29 is 13.6 Å². The molecular formula is C28H30F2N8O2. The fourth-order valence-electron chi connectivity index (χ4n) is 6.33. The van der Waals surface area contributed by atoms with Crippen LogP contribution in [0.4, 0.5) is 20.3 Å². The number of nitrogens with one attached hydrogen (secondary N) is 1. The van der Waals surface area contributed by atoms with Crippen LogP contribution in [-0.2, 0) is 17.9 Å². The zero-order valence-electron chi connectivity index (χ0n) is 22.2. The number of carbonyl (C=O) groups excluding carboxylic acids is 1. The van der Waals surface area contributed by atoms with Crippen molar-refractivity contribution in [2.75, 3.05) is 31.5 Å². The van der Waals surface area contributed by atoms with Gasteiger partial charge in [0, 0.05) is 68.7 Å². The van der Waals surface area contributed by atoms with Crippen LogP contribution in [-0.4, -0.2) is 63.4 Å². The molecule has 1 aromatic heterocycles. The molecule has 1 atom stereocenters. The fraction of sp³-hybridized carbons (Fsp3) is 0.464. The van der Waals surface area contributed by atoms with Crippen LogP contribution in [0.2, 0.25) is 0 Å². The van der Waals surface area contributed by atoms with Gasteiger partial charge in [-0.15, -0.1) is 0 Å². The van der Waals surface area contributed by atoms with E-state index in [-0.39, 0.29) is 23.9 Å². The number of aliphatic imine (C=N–C) groups is 1.